The van der Waals surface area contributed by atoms with Crippen molar-refractivity contribution in [2.24, 2.45) is 5.92 Å². The molecule has 1 heterocycles. The van der Waals surface area contributed by atoms with Crippen molar-refractivity contribution in [1.29, 1.82) is 0 Å². The molecule has 0 aliphatic rings. The molecule has 0 radical (unpaired) electrons. The van der Waals surface area contributed by atoms with Gasteiger partial charge in [-0.3, -0.25) is 9.78 Å². The van der Waals surface area contributed by atoms with E-state index < -0.39 is 0 Å². The number of carbonyl (C=O) groups is 1. The Kier molecular flexibility index (Phi) is 5.13. The number of hydrogen-bond acceptors (Lipinski definition) is 3. The molecule has 1 N–H and O–H groups in total. The zero-order valence-corrected chi connectivity index (χ0v) is 14.6. The van der Waals surface area contributed by atoms with Crippen LogP contribution in [0.1, 0.15) is 43.7 Å². The van der Waals surface area contributed by atoms with Crippen LogP contribution < -0.4 is 0 Å². The molecule has 3 heteroatoms. The van der Waals surface area contributed by atoms with Gasteiger partial charge in [-0.1, -0.05) is 62.4 Å². The summed E-state index contributed by atoms with van der Waals surface area (Å²) in [6, 6.07) is 17.6. The van der Waals surface area contributed by atoms with Gasteiger partial charge in [0.05, 0.1) is 0 Å². The first kappa shape index (κ1) is 17.2. The largest absolute Gasteiger partial charge is 0.505 e. The van der Waals surface area contributed by atoms with Gasteiger partial charge in [0.15, 0.2) is 0 Å². The fraction of sp³-hybridized carbons (Fsp3) is 0.273. The maximum atomic E-state index is 12.5. The monoisotopic (exact) mass is 333 g/mol. The van der Waals surface area contributed by atoms with Gasteiger partial charge in [-0.15, -0.1) is 0 Å². The van der Waals surface area contributed by atoms with Gasteiger partial charge in [-0.05, 0) is 17.5 Å². The summed E-state index contributed by atoms with van der Waals surface area (Å²) in [5, 5.41) is 11.7. The van der Waals surface area contributed by atoms with Crippen LogP contribution in [-0.4, -0.2) is 15.9 Å². The number of carbonyl (C=O) groups excluding carboxylic acids is 1. The molecule has 1 atom stereocenters. The lowest BCUT2D eigenvalue weighted by molar-refractivity contribution is -0.119. The molecule has 0 aliphatic heterocycles. The van der Waals surface area contributed by atoms with Gasteiger partial charge in [-0.25, -0.2) is 0 Å². The van der Waals surface area contributed by atoms with Gasteiger partial charge in [0.1, 0.15) is 17.0 Å². The number of phenols is 1. The van der Waals surface area contributed by atoms with Crippen LogP contribution in [0.25, 0.3) is 10.9 Å². The predicted octanol–water partition coefficient (Wildman–Crippen LogP) is 5.08. The number of aromatic hydroxyl groups is 1. The van der Waals surface area contributed by atoms with Crippen LogP contribution in [0.3, 0.4) is 0 Å². The summed E-state index contributed by atoms with van der Waals surface area (Å²) in [6.45, 7) is 4.10. The Bertz CT molecular complexity index is 872. The van der Waals surface area contributed by atoms with Crippen LogP contribution in [0.15, 0.2) is 60.8 Å². The molecule has 3 nitrogen and oxygen atoms in total. The normalized spacial score (nSPS) is 12.4. The SMILES string of the molecule is CC(C)CC(=O)CC(c1ccccc1)c1ccc2cccnc2c1O. The van der Waals surface area contributed by atoms with Gasteiger partial charge in [0.25, 0.3) is 0 Å². The molecule has 0 spiro atoms. The van der Waals surface area contributed by atoms with Crippen molar-refractivity contribution in [3.05, 3.63) is 71.9 Å². The van der Waals surface area contributed by atoms with Crippen LogP contribution in [0, 0.1) is 5.92 Å². The molecule has 1 unspecified atom stereocenters. The second-order valence-electron chi connectivity index (χ2n) is 6.88. The molecular weight excluding hydrogens is 310 g/mol. The third-order valence-electron chi connectivity index (χ3n) is 4.42. The van der Waals surface area contributed by atoms with Crippen molar-refractivity contribution >= 4 is 16.7 Å². The quantitative estimate of drug-likeness (QED) is 0.684. The average molecular weight is 333 g/mol. The second kappa shape index (κ2) is 7.47. The van der Waals surface area contributed by atoms with Crippen molar-refractivity contribution in [3.63, 3.8) is 0 Å². The van der Waals surface area contributed by atoms with Crippen LogP contribution in [0.4, 0.5) is 0 Å². The smallest absolute Gasteiger partial charge is 0.145 e. The maximum Gasteiger partial charge on any atom is 0.145 e. The minimum atomic E-state index is -0.168. The van der Waals surface area contributed by atoms with Gasteiger partial charge < -0.3 is 5.11 Å². The highest BCUT2D eigenvalue weighted by Gasteiger charge is 2.22. The summed E-state index contributed by atoms with van der Waals surface area (Å²) in [5.41, 5.74) is 2.37. The van der Waals surface area contributed by atoms with E-state index in [1.165, 1.54) is 0 Å². The molecule has 0 bridgehead atoms. The van der Waals surface area contributed by atoms with E-state index in [2.05, 4.69) is 4.98 Å². The Morgan fingerprint density at radius 3 is 2.48 bits per heavy atom. The lowest BCUT2D eigenvalue weighted by Gasteiger charge is -2.20. The fourth-order valence-corrected chi connectivity index (χ4v) is 3.29. The number of ketones is 1. The Morgan fingerprint density at radius 1 is 1.00 bits per heavy atom. The molecule has 3 aromatic rings. The molecule has 0 fully saturated rings. The molecule has 0 aliphatic carbocycles. The molecule has 0 amide bonds. The number of rotatable bonds is 6. The first-order valence-corrected chi connectivity index (χ1v) is 8.69. The number of fused-ring (bicyclic) bond motifs is 1. The molecule has 3 rings (SSSR count). The molecule has 2 aromatic carbocycles. The van der Waals surface area contributed by atoms with E-state index in [9.17, 15) is 9.90 Å². The molecule has 1 aromatic heterocycles. The topological polar surface area (TPSA) is 50.2 Å². The third-order valence-corrected chi connectivity index (χ3v) is 4.42. The molecule has 0 saturated heterocycles. The number of phenolic OH excluding ortho intramolecular Hbond substituents is 1. The Balaban J connectivity index is 2.05. The van der Waals surface area contributed by atoms with Crippen LogP contribution >= 0.6 is 0 Å². The van der Waals surface area contributed by atoms with E-state index in [-0.39, 0.29) is 17.5 Å². The summed E-state index contributed by atoms with van der Waals surface area (Å²) in [6.07, 6.45) is 2.61. The van der Waals surface area contributed by atoms with E-state index in [4.69, 9.17) is 0 Å². The number of aromatic nitrogens is 1. The average Bonchev–Trinajstić information content (AvgIpc) is 2.61. The van der Waals surface area contributed by atoms with Crippen LogP contribution in [0.2, 0.25) is 0 Å². The minimum absolute atomic E-state index is 0.168. The van der Waals surface area contributed by atoms with E-state index in [0.717, 1.165) is 16.5 Å². The summed E-state index contributed by atoms with van der Waals surface area (Å²) in [4.78, 5) is 16.8. The van der Waals surface area contributed by atoms with Crippen LogP contribution in [0.5, 0.6) is 5.75 Å². The van der Waals surface area contributed by atoms with Crippen molar-refractivity contribution < 1.29 is 9.90 Å². The third kappa shape index (κ3) is 3.87. The lowest BCUT2D eigenvalue weighted by atomic mass is 9.84. The number of pyridine rings is 1. The standard InChI is InChI=1S/C22H23NO2/c1-15(2)13-18(24)14-20(16-7-4-3-5-8-16)19-11-10-17-9-6-12-23-21(17)22(19)25/h3-12,15,20,25H,13-14H2,1-2H3. The number of Topliss-reactive ketones (excluding diaryl/α,β-unsaturated/α-hetero) is 1. The number of benzene rings is 2. The molecule has 128 valence electrons. The zero-order chi connectivity index (χ0) is 17.8. The summed E-state index contributed by atoms with van der Waals surface area (Å²) >= 11 is 0. The van der Waals surface area contributed by atoms with Crippen molar-refractivity contribution in [3.8, 4) is 5.75 Å². The van der Waals surface area contributed by atoms with E-state index >= 15 is 0 Å². The number of hydrogen-bond donors (Lipinski definition) is 1. The lowest BCUT2D eigenvalue weighted by Crippen LogP contribution is -2.11. The van der Waals surface area contributed by atoms with E-state index in [0.29, 0.717) is 24.3 Å². The maximum absolute atomic E-state index is 12.5. The highest BCUT2D eigenvalue weighted by molar-refractivity contribution is 5.86. The first-order chi connectivity index (χ1) is 12.1. The predicted molar refractivity (Wildman–Crippen MR) is 101 cm³/mol. The minimum Gasteiger partial charge on any atom is -0.505 e. The second-order valence-corrected chi connectivity index (χ2v) is 6.88. The van der Waals surface area contributed by atoms with E-state index in [1.807, 2.05) is 68.4 Å². The molecule has 0 saturated carbocycles. The summed E-state index contributed by atoms with van der Waals surface area (Å²) < 4.78 is 0. The van der Waals surface area contributed by atoms with Gasteiger partial charge >= 0.3 is 0 Å². The zero-order valence-electron chi connectivity index (χ0n) is 14.6. The van der Waals surface area contributed by atoms with Gasteiger partial charge in [-0.2, -0.15) is 0 Å². The Labute approximate surface area is 148 Å². The Hall–Kier alpha value is -2.68. The van der Waals surface area contributed by atoms with E-state index in [1.54, 1.807) is 6.20 Å². The fourth-order valence-electron chi connectivity index (χ4n) is 3.29. The molecule has 25 heavy (non-hydrogen) atoms. The highest BCUT2D eigenvalue weighted by atomic mass is 16.3. The van der Waals surface area contributed by atoms with Crippen molar-refractivity contribution in [2.45, 2.75) is 32.6 Å². The van der Waals surface area contributed by atoms with Crippen molar-refractivity contribution in [1.82, 2.24) is 4.98 Å². The van der Waals surface area contributed by atoms with Gasteiger partial charge in [0, 0.05) is 35.9 Å². The van der Waals surface area contributed by atoms with Crippen molar-refractivity contribution in [2.75, 3.05) is 0 Å². The Morgan fingerprint density at radius 2 is 1.76 bits per heavy atom. The van der Waals surface area contributed by atoms with Gasteiger partial charge in [0.2, 0.25) is 0 Å². The molecular formula is C22H23NO2. The highest BCUT2D eigenvalue weighted by Crippen LogP contribution is 2.38. The summed E-state index contributed by atoms with van der Waals surface area (Å²) in [7, 11) is 0. The first-order valence-electron chi connectivity index (χ1n) is 8.69. The summed E-state index contributed by atoms with van der Waals surface area (Å²) in [5.74, 6) is 0.545. The van der Waals surface area contributed by atoms with Crippen LogP contribution in [-0.2, 0) is 4.79 Å². The number of nitrogens with zero attached hydrogens (tertiary/aromatic N) is 1.